The Bertz CT molecular complexity index is 2800. The van der Waals surface area contributed by atoms with Gasteiger partial charge < -0.3 is 41.0 Å². The Morgan fingerprint density at radius 2 is 1.52 bits per heavy atom. The minimum absolute atomic E-state index is 0.0318. The van der Waals surface area contributed by atoms with E-state index in [1.807, 2.05) is 6.07 Å². The van der Waals surface area contributed by atoms with Gasteiger partial charge in [0.25, 0.3) is 17.4 Å². The second kappa shape index (κ2) is 19.5. The standard InChI is InChI=1S/C48H50N8O11/c1-2-48(66)32-21-36-44-30(25-56(36)46(64)31(32)26-67-47(48)65)28-12-9-13-29-33(15-16-34(54-44)43(28)29)52-40(60)24-51-45(63)35(20-27-10-5-3-6-11-27)53-39(59)23-50-38(58)22-49-37(57)14-7-4-8-19-55-41(61)17-18-42(55)62/h3,5-6,10-11,15-18,21,35,66H,2,4,7-9,12-14,19-20,22-26H2,1H3,(H,49,57)(H,50,58)(H,51,63)(H,52,60)(H,53,59)/t35-,48-/m0/s1. The van der Waals surface area contributed by atoms with Gasteiger partial charge in [-0.05, 0) is 73.4 Å². The van der Waals surface area contributed by atoms with Gasteiger partial charge in [-0.1, -0.05) is 43.7 Å². The molecule has 1 aliphatic carbocycles. The number of anilines is 1. The largest absolute Gasteiger partial charge is 0.458 e. The SMILES string of the molecule is CC[C@@]1(O)C(=O)OCc2c1cc1n(c2=O)Cc2c-1nc1ccc(NC(=O)CNC(=O)[C@H](Cc3ccccc3)NC(=O)CNC(=O)CNC(=O)CCCCCN3C(=O)C=CC3=O)c3c1c2CCC3. The fraction of sp³-hybridized carbons (Fsp3) is 0.375. The number of fused-ring (bicyclic) bond motifs is 5. The first-order valence-electron chi connectivity index (χ1n) is 22.4. The first kappa shape index (κ1) is 46.0. The monoisotopic (exact) mass is 914 g/mol. The van der Waals surface area contributed by atoms with Gasteiger partial charge in [0.1, 0.15) is 12.6 Å². The number of aliphatic hydroxyl groups is 1. The van der Waals surface area contributed by atoms with E-state index in [0.717, 1.165) is 39.0 Å². The predicted octanol–water partition coefficient (Wildman–Crippen LogP) is 1.07. The number of imide groups is 1. The summed E-state index contributed by atoms with van der Waals surface area (Å²) in [5, 5.41) is 25.3. The summed E-state index contributed by atoms with van der Waals surface area (Å²) in [6.45, 7) is 0.658. The molecule has 348 valence electrons. The molecule has 5 heterocycles. The van der Waals surface area contributed by atoms with E-state index in [2.05, 4.69) is 26.6 Å². The van der Waals surface area contributed by atoms with Crippen molar-refractivity contribution in [2.45, 2.75) is 89.5 Å². The number of aromatic nitrogens is 2. The molecule has 3 aliphatic heterocycles. The molecule has 67 heavy (non-hydrogen) atoms. The lowest BCUT2D eigenvalue weighted by Gasteiger charge is -2.31. The van der Waals surface area contributed by atoms with Gasteiger partial charge in [-0.25, -0.2) is 9.78 Å². The van der Waals surface area contributed by atoms with E-state index in [-0.39, 0.29) is 79.9 Å². The molecule has 4 aliphatic rings. The topological polar surface area (TPSA) is 264 Å². The van der Waals surface area contributed by atoms with Crippen molar-refractivity contribution in [3.8, 4) is 11.4 Å². The molecular weight excluding hydrogens is 865 g/mol. The lowest BCUT2D eigenvalue weighted by molar-refractivity contribution is -0.172. The molecule has 0 bridgehead atoms. The van der Waals surface area contributed by atoms with Crippen molar-refractivity contribution in [3.63, 3.8) is 0 Å². The summed E-state index contributed by atoms with van der Waals surface area (Å²) in [6, 6.07) is 13.1. The Balaban J connectivity index is 0.858. The lowest BCUT2D eigenvalue weighted by atomic mass is 9.85. The van der Waals surface area contributed by atoms with Gasteiger partial charge in [0.05, 0.1) is 48.6 Å². The van der Waals surface area contributed by atoms with Crippen LogP contribution in [0.4, 0.5) is 5.69 Å². The van der Waals surface area contributed by atoms with Crippen LogP contribution >= 0.6 is 0 Å². The molecule has 0 unspecified atom stereocenters. The average Bonchev–Trinajstić information content (AvgIpc) is 3.86. The molecule has 6 N–H and O–H groups in total. The van der Waals surface area contributed by atoms with Crippen LogP contribution in [0.3, 0.4) is 0 Å². The van der Waals surface area contributed by atoms with Crippen LogP contribution in [0, 0.1) is 0 Å². The number of unbranched alkanes of at least 4 members (excludes halogenated alkanes) is 2. The summed E-state index contributed by atoms with van der Waals surface area (Å²) in [5.74, 6) is -4.33. The number of carbonyl (C=O) groups excluding carboxylic acids is 8. The van der Waals surface area contributed by atoms with E-state index < -0.39 is 54.3 Å². The highest BCUT2D eigenvalue weighted by atomic mass is 16.6. The third-order valence-corrected chi connectivity index (χ3v) is 12.6. The molecule has 0 fully saturated rings. The van der Waals surface area contributed by atoms with Crippen molar-refractivity contribution in [1.82, 2.24) is 35.7 Å². The molecule has 2 aromatic heterocycles. The number of rotatable bonds is 18. The summed E-state index contributed by atoms with van der Waals surface area (Å²) >= 11 is 0. The zero-order valence-corrected chi connectivity index (χ0v) is 36.8. The number of aryl methyl sites for hydroxylation is 2. The first-order chi connectivity index (χ1) is 32.2. The van der Waals surface area contributed by atoms with Crippen LogP contribution in [0.15, 0.2) is 65.5 Å². The maximum absolute atomic E-state index is 13.8. The van der Waals surface area contributed by atoms with Gasteiger partial charge >= 0.3 is 5.97 Å². The van der Waals surface area contributed by atoms with Gasteiger partial charge in [0, 0.05) is 53.7 Å². The number of benzene rings is 2. The number of pyridine rings is 2. The Hall–Kier alpha value is -7.54. The molecule has 0 radical (unpaired) electrons. The number of nitrogens with zero attached hydrogens (tertiary/aromatic N) is 3. The molecule has 0 saturated heterocycles. The minimum Gasteiger partial charge on any atom is -0.458 e. The third-order valence-electron chi connectivity index (χ3n) is 12.6. The van der Waals surface area contributed by atoms with Gasteiger partial charge in [0.15, 0.2) is 5.60 Å². The average molecular weight is 915 g/mol. The van der Waals surface area contributed by atoms with Gasteiger partial charge in [-0.15, -0.1) is 0 Å². The van der Waals surface area contributed by atoms with Crippen LogP contribution in [0.25, 0.3) is 22.3 Å². The Morgan fingerprint density at radius 1 is 0.806 bits per heavy atom. The van der Waals surface area contributed by atoms with Crippen LogP contribution in [0.1, 0.15) is 78.8 Å². The summed E-state index contributed by atoms with van der Waals surface area (Å²) in [6.07, 6.45) is 6.39. The predicted molar refractivity (Wildman–Crippen MR) is 241 cm³/mol. The van der Waals surface area contributed by atoms with Crippen molar-refractivity contribution < 1.29 is 48.2 Å². The van der Waals surface area contributed by atoms with Crippen LogP contribution in [-0.4, -0.2) is 99.1 Å². The van der Waals surface area contributed by atoms with E-state index in [0.29, 0.717) is 54.7 Å². The van der Waals surface area contributed by atoms with E-state index >= 15 is 0 Å². The van der Waals surface area contributed by atoms with E-state index in [1.54, 1.807) is 54.0 Å². The Morgan fingerprint density at radius 3 is 2.28 bits per heavy atom. The number of amides is 7. The van der Waals surface area contributed by atoms with Gasteiger partial charge in [-0.2, -0.15) is 0 Å². The third kappa shape index (κ3) is 9.58. The molecule has 4 aromatic rings. The van der Waals surface area contributed by atoms with Crippen LogP contribution in [-0.2, 0) is 81.1 Å². The zero-order chi connectivity index (χ0) is 47.4. The molecule has 2 aromatic carbocycles. The fourth-order valence-corrected chi connectivity index (χ4v) is 9.12. The number of nitrogens with one attached hydrogen (secondary N) is 5. The van der Waals surface area contributed by atoms with Crippen molar-refractivity contribution >= 4 is 63.9 Å². The van der Waals surface area contributed by atoms with Crippen molar-refractivity contribution in [2.75, 3.05) is 31.5 Å². The highest BCUT2D eigenvalue weighted by Gasteiger charge is 2.45. The summed E-state index contributed by atoms with van der Waals surface area (Å²) in [4.78, 5) is 121. The molecule has 0 spiro atoms. The van der Waals surface area contributed by atoms with Crippen LogP contribution in [0.5, 0.6) is 0 Å². The van der Waals surface area contributed by atoms with E-state index in [1.165, 1.54) is 12.2 Å². The Labute approximate surface area is 383 Å². The fourth-order valence-electron chi connectivity index (χ4n) is 9.12. The molecule has 7 amide bonds. The van der Waals surface area contributed by atoms with Gasteiger partial charge in [-0.3, -0.25) is 43.3 Å². The minimum atomic E-state index is -1.94. The second-order valence-corrected chi connectivity index (χ2v) is 17.0. The molecule has 19 nitrogen and oxygen atoms in total. The molecule has 0 saturated carbocycles. The lowest BCUT2D eigenvalue weighted by Crippen LogP contribution is -2.52. The number of cyclic esters (lactones) is 1. The number of hydrogen-bond donors (Lipinski definition) is 6. The normalized spacial score (nSPS) is 17.0. The van der Waals surface area contributed by atoms with Crippen molar-refractivity contribution in [3.05, 3.63) is 104 Å². The molecule has 2 atom stereocenters. The maximum atomic E-state index is 13.8. The van der Waals surface area contributed by atoms with Crippen molar-refractivity contribution in [1.29, 1.82) is 0 Å². The summed E-state index contributed by atoms with van der Waals surface area (Å²) in [5.41, 5.74) is 3.97. The highest BCUT2D eigenvalue weighted by Crippen LogP contribution is 2.43. The number of carbonyl (C=O) groups is 8. The van der Waals surface area contributed by atoms with Crippen LogP contribution in [0.2, 0.25) is 0 Å². The molecular formula is C48H50N8O11. The zero-order valence-electron chi connectivity index (χ0n) is 36.8. The van der Waals surface area contributed by atoms with Crippen molar-refractivity contribution in [2.24, 2.45) is 0 Å². The molecule has 19 heteroatoms. The number of ether oxygens (including phenoxy) is 1. The second-order valence-electron chi connectivity index (χ2n) is 17.0. The first-order valence-corrected chi connectivity index (χ1v) is 22.4. The van der Waals surface area contributed by atoms with E-state index in [9.17, 15) is 48.3 Å². The summed E-state index contributed by atoms with van der Waals surface area (Å²) < 4.78 is 6.82. The number of esters is 1. The molecule has 8 rings (SSSR count). The number of hydrogen-bond acceptors (Lipinski definition) is 12. The highest BCUT2D eigenvalue weighted by molar-refractivity contribution is 6.12. The quantitative estimate of drug-likeness (QED) is 0.0410. The van der Waals surface area contributed by atoms with E-state index in [4.69, 9.17) is 9.72 Å². The Kier molecular flexibility index (Phi) is 13.4. The van der Waals surface area contributed by atoms with Crippen LogP contribution < -0.4 is 32.1 Å². The van der Waals surface area contributed by atoms with Gasteiger partial charge in [0.2, 0.25) is 29.5 Å². The summed E-state index contributed by atoms with van der Waals surface area (Å²) in [7, 11) is 0. The maximum Gasteiger partial charge on any atom is 0.343 e. The smallest absolute Gasteiger partial charge is 0.343 e.